The zero-order valence-electron chi connectivity index (χ0n) is 19.3. The van der Waals surface area contributed by atoms with Crippen molar-refractivity contribution in [2.24, 2.45) is 0 Å². The van der Waals surface area contributed by atoms with E-state index >= 15 is 0 Å². The monoisotopic (exact) mass is 485 g/mol. The van der Waals surface area contributed by atoms with Crippen LogP contribution in [0, 0.1) is 13.8 Å². The Morgan fingerprint density at radius 3 is 2.56 bits per heavy atom. The lowest BCUT2D eigenvalue weighted by atomic mass is 10.1. The van der Waals surface area contributed by atoms with Gasteiger partial charge in [-0.25, -0.2) is 13.1 Å². The number of anilines is 1. The molecule has 2 heterocycles. The Morgan fingerprint density at radius 2 is 1.88 bits per heavy atom. The van der Waals surface area contributed by atoms with Gasteiger partial charge >= 0.3 is 0 Å². The van der Waals surface area contributed by atoms with E-state index in [0.717, 1.165) is 11.4 Å². The molecule has 11 heteroatoms. The highest BCUT2D eigenvalue weighted by Crippen LogP contribution is 2.24. The van der Waals surface area contributed by atoms with E-state index in [4.69, 9.17) is 9.26 Å². The molecule has 0 unspecified atom stereocenters. The summed E-state index contributed by atoms with van der Waals surface area (Å²) >= 11 is 0. The number of sulfonamides is 1. The number of aromatic nitrogens is 2. The van der Waals surface area contributed by atoms with Gasteiger partial charge in [0.1, 0.15) is 5.75 Å². The van der Waals surface area contributed by atoms with Crippen molar-refractivity contribution in [1.29, 1.82) is 0 Å². The quantitative estimate of drug-likeness (QED) is 0.540. The van der Waals surface area contributed by atoms with Crippen molar-refractivity contribution in [1.82, 2.24) is 19.8 Å². The third kappa shape index (κ3) is 5.20. The fourth-order valence-corrected chi connectivity index (χ4v) is 5.06. The van der Waals surface area contributed by atoms with Crippen LogP contribution in [0.25, 0.3) is 11.4 Å². The molecule has 0 aliphatic carbocycles. The number of piperazine rings is 1. The summed E-state index contributed by atoms with van der Waals surface area (Å²) in [6.45, 7) is 5.35. The van der Waals surface area contributed by atoms with Gasteiger partial charge in [0.25, 0.3) is 0 Å². The first-order chi connectivity index (χ1) is 16.3. The van der Waals surface area contributed by atoms with Crippen LogP contribution in [0.5, 0.6) is 5.75 Å². The minimum absolute atomic E-state index is 0.0723. The molecule has 0 atom stereocenters. The molecular formula is C23H27N5O5S. The standard InChI is InChI=1S/C23H27N5O5S/c1-16-7-8-18(23-25-17(2)33-26-23)13-21(16)34(30,31)24-15-22(29)28-11-9-27(10-12-28)19-5-4-6-20(14-19)32-3/h4-8,13-14,24H,9-12,15H2,1-3H3. The second-order valence-electron chi connectivity index (χ2n) is 8.01. The number of methoxy groups -OCH3 is 1. The van der Waals surface area contributed by atoms with Crippen LogP contribution in [-0.2, 0) is 14.8 Å². The summed E-state index contributed by atoms with van der Waals surface area (Å²) in [6.07, 6.45) is 0. The van der Waals surface area contributed by atoms with Crippen molar-refractivity contribution in [3.8, 4) is 17.1 Å². The molecule has 0 spiro atoms. The summed E-state index contributed by atoms with van der Waals surface area (Å²) in [4.78, 5) is 20.8. The summed E-state index contributed by atoms with van der Waals surface area (Å²) in [7, 11) is -2.29. The molecule has 0 bridgehead atoms. The van der Waals surface area contributed by atoms with Crippen LogP contribution in [0.2, 0.25) is 0 Å². The van der Waals surface area contributed by atoms with Crippen LogP contribution in [0.3, 0.4) is 0 Å². The fourth-order valence-electron chi connectivity index (χ4n) is 3.81. The number of nitrogens with one attached hydrogen (secondary N) is 1. The van der Waals surface area contributed by atoms with Crippen LogP contribution in [0.4, 0.5) is 5.69 Å². The first-order valence-electron chi connectivity index (χ1n) is 10.8. The Hall–Kier alpha value is -3.44. The smallest absolute Gasteiger partial charge is 0.241 e. The van der Waals surface area contributed by atoms with Crippen LogP contribution in [-0.4, -0.2) is 69.2 Å². The maximum absolute atomic E-state index is 13.0. The van der Waals surface area contributed by atoms with E-state index < -0.39 is 10.0 Å². The number of hydrogen-bond donors (Lipinski definition) is 1. The van der Waals surface area contributed by atoms with Crippen LogP contribution in [0.1, 0.15) is 11.5 Å². The Labute approximate surface area is 198 Å². The molecule has 4 rings (SSSR count). The van der Waals surface area contributed by atoms with Gasteiger partial charge in [-0.05, 0) is 30.7 Å². The number of carbonyl (C=O) groups is 1. The number of nitrogens with zero attached hydrogens (tertiary/aromatic N) is 4. The lowest BCUT2D eigenvalue weighted by Gasteiger charge is -2.36. The maximum Gasteiger partial charge on any atom is 0.241 e. The van der Waals surface area contributed by atoms with Gasteiger partial charge in [0, 0.05) is 50.4 Å². The summed E-state index contributed by atoms with van der Waals surface area (Å²) in [6, 6.07) is 12.7. The fraction of sp³-hybridized carbons (Fsp3) is 0.348. The molecule has 10 nitrogen and oxygen atoms in total. The molecule has 1 aromatic heterocycles. The molecule has 3 aromatic rings. The number of carbonyl (C=O) groups excluding carboxylic acids is 1. The zero-order valence-corrected chi connectivity index (χ0v) is 20.1. The van der Waals surface area contributed by atoms with Crippen molar-refractivity contribution >= 4 is 21.6 Å². The lowest BCUT2D eigenvalue weighted by Crippen LogP contribution is -2.51. The number of rotatable bonds is 7. The average Bonchev–Trinajstić information content (AvgIpc) is 3.29. The second kappa shape index (κ2) is 9.82. The van der Waals surface area contributed by atoms with Gasteiger partial charge in [-0.3, -0.25) is 4.79 Å². The van der Waals surface area contributed by atoms with Crippen LogP contribution < -0.4 is 14.4 Å². The number of hydrogen-bond acceptors (Lipinski definition) is 8. The van der Waals surface area contributed by atoms with Crippen LogP contribution in [0.15, 0.2) is 51.9 Å². The first-order valence-corrected chi connectivity index (χ1v) is 12.3. The summed E-state index contributed by atoms with van der Waals surface area (Å²) < 4.78 is 38.6. The molecule has 34 heavy (non-hydrogen) atoms. The second-order valence-corrected chi connectivity index (χ2v) is 9.75. The topological polar surface area (TPSA) is 118 Å². The van der Waals surface area contributed by atoms with Gasteiger partial charge in [0.2, 0.25) is 27.6 Å². The molecule has 1 aliphatic heterocycles. The number of ether oxygens (including phenoxy) is 1. The molecule has 0 radical (unpaired) electrons. The number of aryl methyl sites for hydroxylation is 2. The minimum atomic E-state index is -3.92. The van der Waals surface area contributed by atoms with Crippen LogP contribution >= 0.6 is 0 Å². The molecule has 1 N–H and O–H groups in total. The zero-order chi connectivity index (χ0) is 24.3. The van der Waals surface area contributed by atoms with E-state index in [1.807, 2.05) is 24.3 Å². The summed E-state index contributed by atoms with van der Waals surface area (Å²) in [5.41, 5.74) is 2.10. The van der Waals surface area contributed by atoms with E-state index in [0.29, 0.717) is 49.0 Å². The van der Waals surface area contributed by atoms with Gasteiger partial charge < -0.3 is 19.1 Å². The molecule has 1 saturated heterocycles. The Balaban J connectivity index is 1.37. The van der Waals surface area contributed by atoms with Gasteiger partial charge in [-0.1, -0.05) is 23.4 Å². The van der Waals surface area contributed by atoms with E-state index in [-0.39, 0.29) is 17.3 Å². The highest BCUT2D eigenvalue weighted by Gasteiger charge is 2.24. The van der Waals surface area contributed by atoms with E-state index in [1.54, 1.807) is 38.0 Å². The molecule has 1 amide bonds. The summed E-state index contributed by atoms with van der Waals surface area (Å²) in [5.74, 6) is 1.20. The predicted octanol–water partition coefficient (Wildman–Crippen LogP) is 1.99. The van der Waals surface area contributed by atoms with Gasteiger partial charge in [-0.2, -0.15) is 4.98 Å². The van der Waals surface area contributed by atoms with Gasteiger partial charge in [-0.15, -0.1) is 0 Å². The van der Waals surface area contributed by atoms with E-state index in [2.05, 4.69) is 19.8 Å². The highest BCUT2D eigenvalue weighted by atomic mass is 32.2. The highest BCUT2D eigenvalue weighted by molar-refractivity contribution is 7.89. The van der Waals surface area contributed by atoms with Crippen molar-refractivity contribution in [3.05, 3.63) is 53.9 Å². The Bertz CT molecular complexity index is 1280. The molecular weight excluding hydrogens is 458 g/mol. The van der Waals surface area contributed by atoms with Crippen molar-refractivity contribution < 1.29 is 22.5 Å². The predicted molar refractivity (Wildman–Crippen MR) is 126 cm³/mol. The SMILES string of the molecule is COc1cccc(N2CCN(C(=O)CNS(=O)(=O)c3cc(-c4noc(C)n4)ccc3C)CC2)c1. The van der Waals surface area contributed by atoms with Crippen molar-refractivity contribution in [2.45, 2.75) is 18.7 Å². The molecule has 2 aromatic carbocycles. The van der Waals surface area contributed by atoms with Gasteiger partial charge in [0.15, 0.2) is 0 Å². The van der Waals surface area contributed by atoms with Crippen molar-refractivity contribution in [3.63, 3.8) is 0 Å². The Morgan fingerprint density at radius 1 is 1.12 bits per heavy atom. The summed E-state index contributed by atoms with van der Waals surface area (Å²) in [5, 5.41) is 3.84. The molecule has 1 fully saturated rings. The van der Waals surface area contributed by atoms with Gasteiger partial charge in [0.05, 0.1) is 18.6 Å². The lowest BCUT2D eigenvalue weighted by molar-refractivity contribution is -0.130. The Kier molecular flexibility index (Phi) is 6.85. The normalized spacial score (nSPS) is 14.3. The molecule has 180 valence electrons. The maximum atomic E-state index is 13.0. The first kappa shape index (κ1) is 23.7. The number of amides is 1. The van der Waals surface area contributed by atoms with E-state index in [9.17, 15) is 13.2 Å². The minimum Gasteiger partial charge on any atom is -0.497 e. The third-order valence-electron chi connectivity index (χ3n) is 5.73. The van der Waals surface area contributed by atoms with E-state index in [1.165, 1.54) is 6.07 Å². The average molecular weight is 486 g/mol. The number of benzene rings is 2. The molecule has 0 saturated carbocycles. The van der Waals surface area contributed by atoms with Crippen molar-refractivity contribution in [2.75, 3.05) is 44.7 Å². The third-order valence-corrected chi connectivity index (χ3v) is 7.27. The molecule has 1 aliphatic rings. The largest absolute Gasteiger partial charge is 0.497 e.